The number of ether oxygens (including phenoxy) is 1. The second-order valence-corrected chi connectivity index (χ2v) is 5.96. The lowest BCUT2D eigenvalue weighted by atomic mass is 10.1. The van der Waals surface area contributed by atoms with E-state index in [-0.39, 0.29) is 34.1 Å². The van der Waals surface area contributed by atoms with Crippen LogP contribution in [0.4, 0.5) is 15.8 Å². The molecule has 2 aromatic carbocycles. The van der Waals surface area contributed by atoms with Crippen molar-refractivity contribution in [2.75, 3.05) is 19.4 Å². The zero-order valence-electron chi connectivity index (χ0n) is 14.1. The number of nitro groups is 1. The highest BCUT2D eigenvalue weighted by Crippen LogP contribution is 2.21. The van der Waals surface area contributed by atoms with Crippen molar-refractivity contribution >= 4 is 34.9 Å². The molecule has 27 heavy (non-hydrogen) atoms. The first-order valence-corrected chi connectivity index (χ1v) is 7.96. The largest absolute Gasteiger partial charge is 0.452 e. The molecule has 0 aliphatic heterocycles. The lowest BCUT2D eigenvalue weighted by Gasteiger charge is -2.18. The smallest absolute Gasteiger partial charge is 0.341 e. The highest BCUT2D eigenvalue weighted by molar-refractivity contribution is 6.31. The van der Waals surface area contributed by atoms with Crippen LogP contribution in [0.5, 0.6) is 0 Å². The highest BCUT2D eigenvalue weighted by Gasteiger charge is 2.20. The molecule has 142 valence electrons. The molecule has 0 aliphatic rings. The predicted molar refractivity (Wildman–Crippen MR) is 95.7 cm³/mol. The van der Waals surface area contributed by atoms with Crippen LogP contribution in [0, 0.1) is 15.9 Å². The number of nitrogens with two attached hydrogens (primary N) is 1. The van der Waals surface area contributed by atoms with E-state index in [1.54, 1.807) is 0 Å². The molecule has 10 heteroatoms. The number of nitrogens with zero attached hydrogens (tertiary/aromatic N) is 2. The molecule has 0 aliphatic carbocycles. The minimum Gasteiger partial charge on any atom is -0.452 e. The molecule has 1 amide bonds. The Morgan fingerprint density at radius 3 is 2.67 bits per heavy atom. The zero-order chi connectivity index (χ0) is 20.1. The van der Waals surface area contributed by atoms with Crippen LogP contribution in [0.15, 0.2) is 36.4 Å². The number of carbonyl (C=O) groups is 2. The van der Waals surface area contributed by atoms with Crippen LogP contribution in [-0.2, 0) is 16.1 Å². The Labute approximate surface area is 158 Å². The maximum Gasteiger partial charge on any atom is 0.341 e. The van der Waals surface area contributed by atoms with Gasteiger partial charge in [0.15, 0.2) is 6.61 Å². The van der Waals surface area contributed by atoms with E-state index in [0.717, 1.165) is 17.0 Å². The Morgan fingerprint density at radius 2 is 2.04 bits per heavy atom. The van der Waals surface area contributed by atoms with Crippen LogP contribution >= 0.6 is 11.6 Å². The van der Waals surface area contributed by atoms with Crippen molar-refractivity contribution in [3.63, 3.8) is 0 Å². The van der Waals surface area contributed by atoms with E-state index in [2.05, 4.69) is 0 Å². The molecule has 0 saturated heterocycles. The average molecular weight is 396 g/mol. The number of benzene rings is 2. The first-order valence-electron chi connectivity index (χ1n) is 7.58. The standard InChI is InChI=1S/C17H15ClFN3O5/c1-21(8-12-13(18)3-2-4-14(12)19)16(23)9-27-17(24)11-7-10(22(25)26)5-6-15(11)20/h2-7H,8-9,20H2,1H3. The van der Waals surface area contributed by atoms with Gasteiger partial charge in [-0.1, -0.05) is 17.7 Å². The molecule has 2 N–H and O–H groups in total. The number of carbonyl (C=O) groups excluding carboxylic acids is 2. The minimum atomic E-state index is -0.984. The second-order valence-electron chi connectivity index (χ2n) is 5.55. The van der Waals surface area contributed by atoms with Gasteiger partial charge < -0.3 is 15.4 Å². The average Bonchev–Trinajstić information content (AvgIpc) is 2.62. The molecular formula is C17H15ClFN3O5. The van der Waals surface area contributed by atoms with Gasteiger partial charge in [-0.15, -0.1) is 0 Å². The van der Waals surface area contributed by atoms with Crippen molar-refractivity contribution in [2.24, 2.45) is 0 Å². The maximum atomic E-state index is 13.8. The van der Waals surface area contributed by atoms with Gasteiger partial charge in [0, 0.05) is 42.0 Å². The van der Waals surface area contributed by atoms with E-state index < -0.39 is 29.2 Å². The van der Waals surface area contributed by atoms with Crippen molar-refractivity contribution < 1.29 is 23.6 Å². The topological polar surface area (TPSA) is 116 Å². The quantitative estimate of drug-likeness (QED) is 0.348. The van der Waals surface area contributed by atoms with Crippen molar-refractivity contribution in [1.29, 1.82) is 0 Å². The summed E-state index contributed by atoms with van der Waals surface area (Å²) in [5, 5.41) is 10.9. The van der Waals surface area contributed by atoms with E-state index in [1.807, 2.05) is 0 Å². The third-order valence-corrected chi connectivity index (χ3v) is 4.03. The van der Waals surface area contributed by atoms with Crippen LogP contribution in [0.2, 0.25) is 5.02 Å². The number of non-ortho nitro benzene ring substituents is 1. The number of nitrogen functional groups attached to an aromatic ring is 1. The molecule has 0 fully saturated rings. The number of hydrogen-bond acceptors (Lipinski definition) is 6. The van der Waals surface area contributed by atoms with E-state index in [9.17, 15) is 24.1 Å². The molecular weight excluding hydrogens is 381 g/mol. The molecule has 0 saturated carbocycles. The van der Waals surface area contributed by atoms with Crippen molar-refractivity contribution in [1.82, 2.24) is 4.90 Å². The summed E-state index contributed by atoms with van der Waals surface area (Å²) in [5.74, 6) is -2.17. The number of halogens is 2. The molecule has 2 aromatic rings. The number of amides is 1. The molecule has 0 atom stereocenters. The summed E-state index contributed by atoms with van der Waals surface area (Å²) in [4.78, 5) is 35.4. The first kappa shape index (κ1) is 20.1. The van der Waals surface area contributed by atoms with Gasteiger partial charge in [-0.05, 0) is 18.2 Å². The fourth-order valence-corrected chi connectivity index (χ4v) is 2.38. The summed E-state index contributed by atoms with van der Waals surface area (Å²) in [6.45, 7) is -0.773. The van der Waals surface area contributed by atoms with E-state index in [1.165, 1.54) is 31.3 Å². The molecule has 0 spiro atoms. The molecule has 0 radical (unpaired) electrons. The molecule has 2 rings (SSSR count). The first-order chi connectivity index (χ1) is 12.7. The Morgan fingerprint density at radius 1 is 1.33 bits per heavy atom. The second kappa shape index (κ2) is 8.45. The fraction of sp³-hybridized carbons (Fsp3) is 0.176. The molecule has 0 heterocycles. The van der Waals surface area contributed by atoms with Gasteiger partial charge in [0.2, 0.25) is 0 Å². The van der Waals surface area contributed by atoms with E-state index in [0.29, 0.717) is 0 Å². The minimum absolute atomic E-state index is 0.0236. The van der Waals surface area contributed by atoms with Crippen LogP contribution < -0.4 is 5.73 Å². The van der Waals surface area contributed by atoms with Gasteiger partial charge in [-0.2, -0.15) is 0 Å². The molecule has 0 unspecified atom stereocenters. The summed E-state index contributed by atoms with van der Waals surface area (Å²) in [5.41, 5.74) is 5.16. The maximum absolute atomic E-state index is 13.8. The summed E-state index contributed by atoms with van der Waals surface area (Å²) in [6, 6.07) is 7.44. The van der Waals surface area contributed by atoms with Gasteiger partial charge in [0.25, 0.3) is 11.6 Å². The van der Waals surface area contributed by atoms with Crippen molar-refractivity contribution in [2.45, 2.75) is 6.54 Å². The SMILES string of the molecule is CN(Cc1c(F)cccc1Cl)C(=O)COC(=O)c1cc([N+](=O)[O-])ccc1N. The molecule has 0 bridgehead atoms. The lowest BCUT2D eigenvalue weighted by Crippen LogP contribution is -2.31. The highest BCUT2D eigenvalue weighted by atomic mass is 35.5. The van der Waals surface area contributed by atoms with Crippen molar-refractivity contribution in [3.05, 3.63) is 68.5 Å². The van der Waals surface area contributed by atoms with Crippen LogP contribution in [-0.4, -0.2) is 35.4 Å². The number of hydrogen-bond donors (Lipinski definition) is 1. The van der Waals surface area contributed by atoms with Gasteiger partial charge in [-0.3, -0.25) is 14.9 Å². The summed E-state index contributed by atoms with van der Waals surface area (Å²) in [6.07, 6.45) is 0. The van der Waals surface area contributed by atoms with E-state index >= 15 is 0 Å². The Hall–Kier alpha value is -3.20. The van der Waals surface area contributed by atoms with Crippen LogP contribution in [0.1, 0.15) is 15.9 Å². The summed E-state index contributed by atoms with van der Waals surface area (Å²) >= 11 is 5.91. The number of esters is 1. The Kier molecular flexibility index (Phi) is 6.30. The third kappa shape index (κ3) is 4.91. The van der Waals surface area contributed by atoms with Gasteiger partial charge in [-0.25, -0.2) is 9.18 Å². The Balaban J connectivity index is 2.01. The van der Waals surface area contributed by atoms with Crippen LogP contribution in [0.25, 0.3) is 0 Å². The van der Waals surface area contributed by atoms with Crippen molar-refractivity contribution in [3.8, 4) is 0 Å². The van der Waals surface area contributed by atoms with Crippen LogP contribution in [0.3, 0.4) is 0 Å². The normalized spacial score (nSPS) is 10.3. The Bertz CT molecular complexity index is 886. The summed E-state index contributed by atoms with van der Waals surface area (Å²) in [7, 11) is 1.39. The molecule has 0 aromatic heterocycles. The summed E-state index contributed by atoms with van der Waals surface area (Å²) < 4.78 is 18.6. The number of nitro benzene ring substituents is 1. The monoisotopic (exact) mass is 395 g/mol. The fourth-order valence-electron chi connectivity index (χ4n) is 2.16. The third-order valence-electron chi connectivity index (χ3n) is 3.68. The lowest BCUT2D eigenvalue weighted by molar-refractivity contribution is -0.384. The number of anilines is 1. The van der Waals surface area contributed by atoms with E-state index in [4.69, 9.17) is 22.1 Å². The molecule has 8 nitrogen and oxygen atoms in total. The van der Waals surface area contributed by atoms with Gasteiger partial charge >= 0.3 is 5.97 Å². The zero-order valence-corrected chi connectivity index (χ0v) is 14.9. The van der Waals surface area contributed by atoms with Gasteiger partial charge in [0.05, 0.1) is 10.5 Å². The predicted octanol–water partition coefficient (Wildman–Crippen LogP) is 2.78. The number of rotatable bonds is 6. The van der Waals surface area contributed by atoms with Gasteiger partial charge in [0.1, 0.15) is 5.82 Å². The number of likely N-dealkylation sites (N-methyl/N-ethyl adjacent to an activating group) is 1.